The Morgan fingerprint density at radius 3 is 1.44 bits per heavy atom. The quantitative estimate of drug-likeness (QED) is 0.271. The second-order valence-electron chi connectivity index (χ2n) is 8.76. The molecule has 1 heterocycles. The van der Waals surface area contributed by atoms with Crippen LogP contribution in [0.2, 0.25) is 0 Å². The topological polar surface area (TPSA) is 117 Å². The highest BCUT2D eigenvalue weighted by atomic mass is 16.6. The third-order valence-electron chi connectivity index (χ3n) is 6.21. The molecule has 1 fully saturated rings. The van der Waals surface area contributed by atoms with E-state index in [-0.39, 0.29) is 21.2 Å². The van der Waals surface area contributed by atoms with Gasteiger partial charge < -0.3 is 20.4 Å². The highest BCUT2D eigenvalue weighted by molar-refractivity contribution is 5.54. The first-order valence-electron chi connectivity index (χ1n) is 11.8. The average Bonchev–Trinajstić information content (AvgIpc) is 2.80. The Bertz CT molecular complexity index is 912. The Labute approximate surface area is 200 Å². The van der Waals surface area contributed by atoms with Crippen molar-refractivity contribution in [3.63, 3.8) is 0 Å². The number of nitrogens with zero attached hydrogens (tertiary/aromatic N) is 4. The predicted molar refractivity (Wildman–Crippen MR) is 135 cm³/mol. The van der Waals surface area contributed by atoms with E-state index in [0.717, 1.165) is 76.6 Å². The molecule has 1 saturated heterocycles. The van der Waals surface area contributed by atoms with Crippen molar-refractivity contribution in [1.29, 1.82) is 0 Å². The molecule has 0 spiro atoms. The molecule has 0 atom stereocenters. The summed E-state index contributed by atoms with van der Waals surface area (Å²) in [6.45, 7) is 11.5. The van der Waals surface area contributed by atoms with Crippen molar-refractivity contribution in [2.24, 2.45) is 0 Å². The van der Waals surface area contributed by atoms with Gasteiger partial charge in [0.25, 0.3) is 11.4 Å². The van der Waals surface area contributed by atoms with E-state index in [1.807, 2.05) is 12.1 Å². The molecule has 0 aliphatic carbocycles. The molecule has 1 aliphatic rings. The fourth-order valence-electron chi connectivity index (χ4n) is 4.25. The van der Waals surface area contributed by atoms with Gasteiger partial charge in [0.05, 0.1) is 9.85 Å². The monoisotopic (exact) mass is 470 g/mol. The number of benzene rings is 2. The lowest BCUT2D eigenvalue weighted by Gasteiger charge is -2.34. The van der Waals surface area contributed by atoms with E-state index in [0.29, 0.717) is 11.1 Å². The number of nitro groups is 2. The van der Waals surface area contributed by atoms with Crippen molar-refractivity contribution in [2.45, 2.75) is 26.7 Å². The maximum Gasteiger partial charge on any atom is 0.272 e. The Hall–Kier alpha value is -3.24. The molecule has 10 heteroatoms. The first kappa shape index (κ1) is 25.4. The zero-order chi connectivity index (χ0) is 24.5. The highest BCUT2D eigenvalue weighted by Crippen LogP contribution is 2.22. The number of hydrogen-bond donors (Lipinski definition) is 2. The lowest BCUT2D eigenvalue weighted by atomic mass is 10.2. The van der Waals surface area contributed by atoms with E-state index in [9.17, 15) is 20.2 Å². The van der Waals surface area contributed by atoms with Crippen LogP contribution in [0.1, 0.15) is 24.0 Å². The van der Waals surface area contributed by atoms with Crippen LogP contribution in [-0.4, -0.2) is 72.0 Å². The molecular formula is C24H34N6O4. The summed E-state index contributed by atoms with van der Waals surface area (Å²) in [5.41, 5.74) is 3.49. The van der Waals surface area contributed by atoms with Crippen LogP contribution in [0.15, 0.2) is 36.4 Å². The van der Waals surface area contributed by atoms with Gasteiger partial charge in [0.15, 0.2) is 0 Å². The average molecular weight is 471 g/mol. The van der Waals surface area contributed by atoms with Crippen LogP contribution in [0, 0.1) is 34.1 Å². The summed E-state index contributed by atoms with van der Waals surface area (Å²) in [4.78, 5) is 26.1. The summed E-state index contributed by atoms with van der Waals surface area (Å²) in [7, 11) is 0. The lowest BCUT2D eigenvalue weighted by Crippen LogP contribution is -2.47. The van der Waals surface area contributed by atoms with E-state index in [2.05, 4.69) is 20.4 Å². The smallest absolute Gasteiger partial charge is 0.272 e. The maximum absolute atomic E-state index is 10.9. The van der Waals surface area contributed by atoms with E-state index in [4.69, 9.17) is 0 Å². The number of nitro benzene ring substituents is 2. The minimum atomic E-state index is -0.352. The maximum atomic E-state index is 10.9. The van der Waals surface area contributed by atoms with Crippen molar-refractivity contribution in [3.05, 3.63) is 67.8 Å². The van der Waals surface area contributed by atoms with Gasteiger partial charge >= 0.3 is 0 Å². The summed E-state index contributed by atoms with van der Waals surface area (Å²) in [6.07, 6.45) is 2.04. The van der Waals surface area contributed by atoms with E-state index in [1.165, 1.54) is 0 Å². The van der Waals surface area contributed by atoms with E-state index >= 15 is 0 Å². The van der Waals surface area contributed by atoms with E-state index < -0.39 is 0 Å². The van der Waals surface area contributed by atoms with Gasteiger partial charge in [-0.05, 0) is 64.0 Å². The molecule has 0 unspecified atom stereocenters. The van der Waals surface area contributed by atoms with Crippen LogP contribution >= 0.6 is 0 Å². The molecule has 34 heavy (non-hydrogen) atoms. The van der Waals surface area contributed by atoms with Crippen molar-refractivity contribution in [1.82, 2.24) is 9.80 Å². The van der Waals surface area contributed by atoms with Crippen molar-refractivity contribution in [3.8, 4) is 0 Å². The van der Waals surface area contributed by atoms with Crippen LogP contribution in [0.4, 0.5) is 22.7 Å². The summed E-state index contributed by atoms with van der Waals surface area (Å²) < 4.78 is 0. The molecule has 0 radical (unpaired) electrons. The predicted octanol–water partition coefficient (Wildman–Crippen LogP) is 4.04. The second-order valence-corrected chi connectivity index (χ2v) is 8.76. The van der Waals surface area contributed by atoms with Crippen molar-refractivity contribution >= 4 is 22.7 Å². The van der Waals surface area contributed by atoms with Crippen molar-refractivity contribution < 1.29 is 9.85 Å². The third kappa shape index (κ3) is 7.39. The molecule has 184 valence electrons. The van der Waals surface area contributed by atoms with Gasteiger partial charge in [-0.15, -0.1) is 0 Å². The fraction of sp³-hybridized carbons (Fsp3) is 0.500. The van der Waals surface area contributed by atoms with Crippen LogP contribution in [0.3, 0.4) is 0 Å². The molecule has 0 aromatic heterocycles. The Morgan fingerprint density at radius 2 is 1.12 bits per heavy atom. The largest absolute Gasteiger partial charge is 0.385 e. The number of nitrogens with one attached hydrogen (secondary N) is 2. The van der Waals surface area contributed by atoms with Gasteiger partial charge in [-0.2, -0.15) is 0 Å². The van der Waals surface area contributed by atoms with Gasteiger partial charge in [0, 0.05) is 73.9 Å². The zero-order valence-electron chi connectivity index (χ0n) is 20.0. The minimum absolute atomic E-state index is 0.153. The molecule has 1 aliphatic heterocycles. The standard InChI is InChI=1S/C24H34N6O4/c1-19-17-21(5-7-23(19)29(31)32)25-9-3-11-27-13-15-28(16-14-27)12-4-10-26-22-6-8-24(30(33)34)20(2)18-22/h5-8,17-18,25-26H,3-4,9-16H2,1-2H3. The first-order valence-corrected chi connectivity index (χ1v) is 11.8. The van der Waals surface area contributed by atoms with Gasteiger partial charge in [-0.25, -0.2) is 0 Å². The summed E-state index contributed by atoms with van der Waals surface area (Å²) in [6, 6.07) is 10.3. The molecule has 10 nitrogen and oxygen atoms in total. The molecule has 0 bridgehead atoms. The molecule has 0 amide bonds. The summed E-state index contributed by atoms with van der Waals surface area (Å²) in [5.74, 6) is 0. The van der Waals surface area contributed by atoms with Crippen LogP contribution < -0.4 is 10.6 Å². The van der Waals surface area contributed by atoms with Gasteiger partial charge in [0.1, 0.15) is 0 Å². The number of piperazine rings is 1. The molecule has 2 N–H and O–H groups in total. The second kappa shape index (κ2) is 12.3. The minimum Gasteiger partial charge on any atom is -0.385 e. The summed E-state index contributed by atoms with van der Waals surface area (Å²) >= 11 is 0. The third-order valence-corrected chi connectivity index (χ3v) is 6.21. The first-order chi connectivity index (χ1) is 16.3. The lowest BCUT2D eigenvalue weighted by molar-refractivity contribution is -0.385. The van der Waals surface area contributed by atoms with Crippen molar-refractivity contribution in [2.75, 3.05) is 63.0 Å². The number of aryl methyl sites for hydroxylation is 2. The SMILES string of the molecule is Cc1cc(NCCCN2CCN(CCCNc3ccc([N+](=O)[O-])c(C)c3)CC2)ccc1[N+](=O)[O-]. The van der Waals surface area contributed by atoms with E-state index in [1.54, 1.807) is 38.1 Å². The zero-order valence-corrected chi connectivity index (χ0v) is 20.0. The van der Waals surface area contributed by atoms with Crippen LogP contribution in [-0.2, 0) is 0 Å². The Balaban J connectivity index is 1.26. The number of rotatable bonds is 12. The Kier molecular flexibility index (Phi) is 9.17. The van der Waals surface area contributed by atoms with Crippen LogP contribution in [0.5, 0.6) is 0 Å². The van der Waals surface area contributed by atoms with Gasteiger partial charge in [0.2, 0.25) is 0 Å². The number of anilines is 2. The Morgan fingerprint density at radius 1 is 0.735 bits per heavy atom. The molecule has 2 aromatic carbocycles. The summed E-state index contributed by atoms with van der Waals surface area (Å²) in [5, 5.41) is 28.6. The molecule has 0 saturated carbocycles. The molecule has 2 aromatic rings. The van der Waals surface area contributed by atoms with Gasteiger partial charge in [-0.1, -0.05) is 0 Å². The van der Waals surface area contributed by atoms with Crippen LogP contribution in [0.25, 0.3) is 0 Å². The normalized spacial score (nSPS) is 14.6. The molecule has 3 rings (SSSR count). The molecular weight excluding hydrogens is 436 g/mol. The fourth-order valence-corrected chi connectivity index (χ4v) is 4.25. The highest BCUT2D eigenvalue weighted by Gasteiger charge is 2.16. The van der Waals surface area contributed by atoms with Gasteiger partial charge in [-0.3, -0.25) is 20.2 Å². The number of hydrogen-bond acceptors (Lipinski definition) is 8.